The number of aromatic nitrogens is 7. The fourth-order valence-electron chi connectivity index (χ4n) is 19.8. The Morgan fingerprint density at radius 2 is 0.568 bits per heavy atom. The molecule has 0 saturated carbocycles. The number of hydrogen-bond acceptors (Lipinski definition) is 11. The summed E-state index contributed by atoms with van der Waals surface area (Å²) in [5.74, 6) is 2.09. The van der Waals surface area contributed by atoms with Crippen molar-refractivity contribution in [2.24, 2.45) is 0 Å². The topological polar surface area (TPSA) is 122 Å². The van der Waals surface area contributed by atoms with Crippen molar-refractivity contribution < 1.29 is 13.3 Å². The monoisotopic (exact) mass is 1720 g/mol. The van der Waals surface area contributed by atoms with Crippen molar-refractivity contribution in [1.82, 2.24) is 34.5 Å². The maximum absolute atomic E-state index is 6.45. The van der Waals surface area contributed by atoms with Crippen molar-refractivity contribution in [2.45, 2.75) is 0 Å². The van der Waals surface area contributed by atoms with Crippen molar-refractivity contribution >= 4 is 216 Å². The van der Waals surface area contributed by atoms with E-state index in [1.165, 1.54) is 83.7 Å². The van der Waals surface area contributed by atoms with Gasteiger partial charge in [0.1, 0.15) is 33.5 Å². The van der Waals surface area contributed by atoms with E-state index in [4.69, 9.17) is 43.2 Å². The molecule has 20 aromatic carbocycles. The average Bonchev–Trinajstić information content (AvgIpc) is 1.53. The Labute approximate surface area is 761 Å². The summed E-state index contributed by atoms with van der Waals surface area (Å²) in [6.45, 7) is 0. The Balaban J connectivity index is 0.000000102. The molecule has 0 saturated heterocycles. The number of hydrogen-bond donors (Lipinski definition) is 0. The third-order valence-electron chi connectivity index (χ3n) is 26.1. The first-order valence-electron chi connectivity index (χ1n) is 44.2. The average molecular weight is 1720 g/mol. The predicted octanol–water partition coefficient (Wildman–Crippen LogP) is 33.5. The van der Waals surface area contributed by atoms with Gasteiger partial charge in [-0.15, -0.1) is 22.7 Å². The Morgan fingerprint density at radius 1 is 0.182 bits per heavy atom. The molecule has 614 valence electrons. The number of fused-ring (bicyclic) bond motifs is 27. The van der Waals surface area contributed by atoms with Gasteiger partial charge < -0.3 is 17.8 Å². The number of para-hydroxylation sites is 3. The Hall–Kier alpha value is -17.2. The van der Waals surface area contributed by atoms with Gasteiger partial charge in [0.05, 0.1) is 55.4 Å². The van der Waals surface area contributed by atoms with Gasteiger partial charge in [-0.05, 0) is 201 Å². The van der Waals surface area contributed by atoms with Crippen LogP contribution < -0.4 is 0 Å². The number of rotatable bonds is 8. The summed E-state index contributed by atoms with van der Waals surface area (Å²) in [7, 11) is 0. The minimum Gasteiger partial charge on any atom is -0.456 e. The van der Waals surface area contributed by atoms with Crippen LogP contribution in [-0.2, 0) is 0 Å². The highest BCUT2D eigenvalue weighted by Crippen LogP contribution is 2.48. The van der Waals surface area contributed by atoms with Crippen LogP contribution in [0.25, 0.3) is 278 Å². The van der Waals surface area contributed by atoms with Crippen molar-refractivity contribution in [2.75, 3.05) is 0 Å². The van der Waals surface area contributed by atoms with E-state index in [-0.39, 0.29) is 0 Å². The third kappa shape index (κ3) is 12.4. The molecule has 9 heterocycles. The lowest BCUT2D eigenvalue weighted by atomic mass is 9.99. The fourth-order valence-corrected chi connectivity index (χ4v) is 22.1. The molecule has 0 N–H and O–H groups in total. The predicted molar refractivity (Wildman–Crippen MR) is 551 cm³/mol. The smallest absolute Gasteiger partial charge is 0.160 e. The summed E-state index contributed by atoms with van der Waals surface area (Å²) >= 11 is 3.67. The van der Waals surface area contributed by atoms with Gasteiger partial charge >= 0.3 is 0 Å². The van der Waals surface area contributed by atoms with Crippen molar-refractivity contribution in [3.63, 3.8) is 0 Å². The molecule has 0 atom stereocenters. The van der Waals surface area contributed by atoms with Crippen LogP contribution in [0.3, 0.4) is 0 Å². The maximum atomic E-state index is 6.45. The van der Waals surface area contributed by atoms with Crippen LogP contribution in [0.2, 0.25) is 0 Å². The summed E-state index contributed by atoms with van der Waals surface area (Å²) in [4.78, 5) is 31.6. The Morgan fingerprint density at radius 3 is 1.17 bits per heavy atom. The molecule has 12 heteroatoms. The van der Waals surface area contributed by atoms with Crippen molar-refractivity contribution in [1.29, 1.82) is 0 Å². The van der Waals surface area contributed by atoms with Crippen molar-refractivity contribution in [3.05, 3.63) is 419 Å². The minimum absolute atomic E-state index is 0.687. The lowest BCUT2D eigenvalue weighted by Gasteiger charge is -2.11. The van der Waals surface area contributed by atoms with Gasteiger partial charge in [0.2, 0.25) is 0 Å². The highest BCUT2D eigenvalue weighted by molar-refractivity contribution is 7.26. The van der Waals surface area contributed by atoms with Gasteiger partial charge in [-0.2, -0.15) is 0 Å². The molecule has 0 aliphatic rings. The molecule has 0 amide bonds. The number of benzene rings is 20. The van der Waals surface area contributed by atoms with Gasteiger partial charge in [0, 0.05) is 128 Å². The molecule has 132 heavy (non-hydrogen) atoms. The van der Waals surface area contributed by atoms with Gasteiger partial charge in [-0.1, -0.05) is 261 Å². The summed E-state index contributed by atoms with van der Waals surface area (Å²) in [5.41, 5.74) is 22.5. The Kier molecular flexibility index (Phi) is 17.2. The molecule has 0 unspecified atom stereocenters. The lowest BCUT2D eigenvalue weighted by Crippen LogP contribution is -1.96. The minimum atomic E-state index is 0.687. The zero-order valence-electron chi connectivity index (χ0n) is 70.5. The van der Waals surface area contributed by atoms with E-state index < -0.39 is 0 Å². The molecule has 29 aromatic rings. The number of furan rings is 3. The summed E-state index contributed by atoms with van der Waals surface area (Å²) in [6, 6.07) is 147. The fraction of sp³-hybridized carbons (Fsp3) is 0. The lowest BCUT2D eigenvalue weighted by molar-refractivity contribution is 0.668. The first-order chi connectivity index (χ1) is 65.4. The van der Waals surface area contributed by atoms with Gasteiger partial charge in [-0.3, -0.25) is 0 Å². The molecule has 0 bridgehead atoms. The molecular formula is C120H69N7O3S2. The molecule has 10 nitrogen and oxygen atoms in total. The van der Waals surface area contributed by atoms with Gasteiger partial charge in [-0.25, -0.2) is 29.9 Å². The van der Waals surface area contributed by atoms with E-state index >= 15 is 0 Å². The maximum Gasteiger partial charge on any atom is 0.160 e. The van der Waals surface area contributed by atoms with Crippen LogP contribution >= 0.6 is 22.7 Å². The van der Waals surface area contributed by atoms with Crippen LogP contribution in [0.15, 0.2) is 432 Å². The van der Waals surface area contributed by atoms with E-state index in [9.17, 15) is 0 Å². The van der Waals surface area contributed by atoms with E-state index in [0.717, 1.165) is 177 Å². The number of thiophene rings is 2. The van der Waals surface area contributed by atoms with Crippen LogP contribution in [0, 0.1) is 0 Å². The molecule has 0 aliphatic heterocycles. The first kappa shape index (κ1) is 75.0. The number of nitrogens with zero attached hydrogens (tertiary/aromatic N) is 7. The standard InChI is InChI=1S/C42H25N3O.C42H24N2OS.C36H20N2OS/c1-3-11-26(12-4-1)40-32-20-22-37-39(34-23-27-13-7-8-14-28(27)25-38(34)46-37)41(32)44-42(43-40)29-19-21-36-33(24-29)31-17-9-10-18-35(31)45(36)30-15-5-2-6-16-30;1-2-9-25(10-3-1)40-32-18-19-35-39(34-23-27-11-4-5-12-28(27)24-36(34)45-35)41(32)44-42(43-40)30-14-8-13-26(21-30)29-17-20-38-33(22-29)31-15-6-7-16-37(31)46-38;1-2-8-21(9-3-1)34-26-15-17-31-33(28-18-22-10-4-5-11-23(22)20-32(28)40-31)35(26)38-36(37-34)24-14-16-30-27(19-24)25-12-6-7-13-29(25)39-30/h1-25H;1-24H;1-20H. The van der Waals surface area contributed by atoms with Gasteiger partial charge in [0.15, 0.2) is 17.5 Å². The zero-order chi connectivity index (χ0) is 86.6. The second-order valence-corrected chi connectivity index (χ2v) is 36.0. The Bertz CT molecular complexity index is 9830. The third-order valence-corrected chi connectivity index (χ3v) is 28.3. The van der Waals surface area contributed by atoms with E-state index in [2.05, 4.69) is 381 Å². The molecule has 0 fully saturated rings. The largest absolute Gasteiger partial charge is 0.456 e. The molecule has 29 rings (SSSR count). The highest BCUT2D eigenvalue weighted by atomic mass is 32.1. The first-order valence-corrected chi connectivity index (χ1v) is 45.9. The van der Waals surface area contributed by atoms with Crippen LogP contribution in [-0.4, -0.2) is 34.5 Å². The van der Waals surface area contributed by atoms with Crippen molar-refractivity contribution in [3.8, 4) is 84.7 Å². The molecule has 9 aromatic heterocycles. The van der Waals surface area contributed by atoms with Gasteiger partial charge in [0.25, 0.3) is 0 Å². The summed E-state index contributed by atoms with van der Waals surface area (Å²) < 4.78 is 26.4. The molecule has 0 aliphatic carbocycles. The SMILES string of the molecule is c1ccc(-c2nc(-c3ccc4c(c3)c3ccccc3n4-c3ccccc3)nc3c2ccc2oc4cc5ccccc5cc4c23)cc1.c1ccc(-c2nc(-c3ccc4oc5ccccc5c4c3)nc3c2ccc2sc4cc5ccccc5cc4c23)cc1.c1ccc(-c2nc(-c3cccc(-c4ccc5sc6ccccc6c5c4)c3)nc3c2ccc2oc4cc5ccccc5cc4c23)cc1. The summed E-state index contributed by atoms with van der Waals surface area (Å²) in [6.07, 6.45) is 0. The van der Waals surface area contributed by atoms with Crippen LogP contribution in [0.5, 0.6) is 0 Å². The zero-order valence-corrected chi connectivity index (χ0v) is 72.1. The summed E-state index contributed by atoms with van der Waals surface area (Å²) in [5, 5.41) is 23.9. The van der Waals surface area contributed by atoms with Crippen LogP contribution in [0.4, 0.5) is 0 Å². The van der Waals surface area contributed by atoms with Crippen LogP contribution in [0.1, 0.15) is 0 Å². The second kappa shape index (κ2) is 30.3. The highest BCUT2D eigenvalue weighted by Gasteiger charge is 2.25. The van der Waals surface area contributed by atoms with E-state index in [1.54, 1.807) is 0 Å². The van der Waals surface area contributed by atoms with E-state index in [0.29, 0.717) is 17.5 Å². The second-order valence-electron chi connectivity index (χ2n) is 33.8. The molecular weight excluding hydrogens is 1650 g/mol. The molecule has 0 radical (unpaired) electrons. The molecule has 0 spiro atoms. The van der Waals surface area contributed by atoms with E-state index in [1.807, 2.05) is 65.1 Å². The normalized spacial score (nSPS) is 11.9. The quantitative estimate of drug-likeness (QED) is 0.146.